The molecule has 3 nitrogen and oxygen atoms in total. The average molecular weight is 285 g/mol. The first kappa shape index (κ1) is 14.8. The van der Waals surface area contributed by atoms with Crippen molar-refractivity contribution in [2.45, 2.75) is 51.1 Å². The van der Waals surface area contributed by atoms with Gasteiger partial charge in [-0.15, -0.1) is 0 Å². The van der Waals surface area contributed by atoms with Crippen molar-refractivity contribution in [2.24, 2.45) is 0 Å². The van der Waals surface area contributed by atoms with E-state index in [2.05, 4.69) is 13.8 Å². The van der Waals surface area contributed by atoms with E-state index in [1.807, 2.05) is 24.3 Å². The first-order chi connectivity index (χ1) is 9.15. The van der Waals surface area contributed by atoms with E-state index < -0.39 is 5.79 Å². The summed E-state index contributed by atoms with van der Waals surface area (Å²) >= 11 is 6.25. The summed E-state index contributed by atoms with van der Waals surface area (Å²) in [6.07, 6.45) is 1.77. The molecule has 0 bridgehead atoms. The third kappa shape index (κ3) is 2.95. The van der Waals surface area contributed by atoms with Crippen molar-refractivity contribution in [3.05, 3.63) is 34.9 Å². The maximum absolute atomic E-state index is 9.21. The summed E-state index contributed by atoms with van der Waals surface area (Å²) in [6.45, 7) is 4.18. The largest absolute Gasteiger partial charge is 0.396 e. The fourth-order valence-corrected chi connectivity index (χ4v) is 2.81. The van der Waals surface area contributed by atoms with Crippen molar-refractivity contribution >= 4 is 11.6 Å². The lowest BCUT2D eigenvalue weighted by molar-refractivity contribution is -0.180. The van der Waals surface area contributed by atoms with Crippen molar-refractivity contribution in [3.63, 3.8) is 0 Å². The zero-order valence-corrected chi connectivity index (χ0v) is 12.2. The highest BCUT2D eigenvalue weighted by atomic mass is 35.5. The van der Waals surface area contributed by atoms with Crippen LogP contribution in [0.4, 0.5) is 0 Å². The zero-order valence-electron chi connectivity index (χ0n) is 11.4. The van der Waals surface area contributed by atoms with Crippen LogP contribution in [0, 0.1) is 0 Å². The summed E-state index contributed by atoms with van der Waals surface area (Å²) in [5.41, 5.74) is 0.936. The Hall–Kier alpha value is -0.610. The van der Waals surface area contributed by atoms with Crippen molar-refractivity contribution in [1.82, 2.24) is 0 Å². The molecule has 2 atom stereocenters. The second-order valence-corrected chi connectivity index (χ2v) is 5.25. The molecule has 0 saturated carbocycles. The number of hydrogen-bond donors (Lipinski definition) is 1. The van der Waals surface area contributed by atoms with Gasteiger partial charge >= 0.3 is 0 Å². The van der Waals surface area contributed by atoms with E-state index in [0.717, 1.165) is 18.4 Å². The molecular formula is C15H21ClO3. The van der Waals surface area contributed by atoms with Gasteiger partial charge in [-0.25, -0.2) is 0 Å². The topological polar surface area (TPSA) is 38.7 Å². The van der Waals surface area contributed by atoms with Gasteiger partial charge in [0.15, 0.2) is 5.79 Å². The molecule has 0 unspecified atom stereocenters. The van der Waals surface area contributed by atoms with Gasteiger partial charge in [0.1, 0.15) is 6.10 Å². The Morgan fingerprint density at radius 2 is 1.89 bits per heavy atom. The molecule has 1 fully saturated rings. The summed E-state index contributed by atoms with van der Waals surface area (Å²) in [4.78, 5) is 0. The maximum atomic E-state index is 9.21. The van der Waals surface area contributed by atoms with Crippen LogP contribution in [0.1, 0.15) is 44.8 Å². The molecule has 0 aromatic heterocycles. The monoisotopic (exact) mass is 284 g/mol. The second kappa shape index (κ2) is 6.23. The standard InChI is InChI=1S/C15H21ClO3/c1-3-15(4-2)18-13(9-10-17)14(19-15)11-7-5-6-8-12(11)16/h5-8,13-14,17H,3-4,9-10H2,1-2H3/t13-,14-/m0/s1. The molecule has 19 heavy (non-hydrogen) atoms. The SMILES string of the molecule is CCC1(CC)O[C@@H](CCO)[C@H](c2ccccc2Cl)O1. The number of hydrogen-bond acceptors (Lipinski definition) is 3. The summed E-state index contributed by atoms with van der Waals surface area (Å²) in [7, 11) is 0. The molecular weight excluding hydrogens is 264 g/mol. The first-order valence-corrected chi connectivity index (χ1v) is 7.24. The number of ether oxygens (including phenoxy) is 2. The van der Waals surface area contributed by atoms with Gasteiger partial charge < -0.3 is 14.6 Å². The van der Waals surface area contributed by atoms with Gasteiger partial charge in [0, 0.05) is 17.2 Å². The molecule has 1 saturated heterocycles. The molecule has 1 aromatic rings. The van der Waals surface area contributed by atoms with Gasteiger partial charge in [0.25, 0.3) is 0 Å². The molecule has 1 aromatic carbocycles. The highest BCUT2D eigenvalue weighted by molar-refractivity contribution is 6.31. The van der Waals surface area contributed by atoms with Crippen LogP contribution in [0.3, 0.4) is 0 Å². The Morgan fingerprint density at radius 1 is 1.21 bits per heavy atom. The Labute approximate surface area is 119 Å². The quantitative estimate of drug-likeness (QED) is 0.896. The van der Waals surface area contributed by atoms with E-state index >= 15 is 0 Å². The molecule has 1 N–H and O–H groups in total. The second-order valence-electron chi connectivity index (χ2n) is 4.85. The molecule has 0 spiro atoms. The number of rotatable bonds is 5. The number of aliphatic hydroxyl groups excluding tert-OH is 1. The average Bonchev–Trinajstić information content (AvgIpc) is 2.79. The number of aliphatic hydroxyl groups is 1. The smallest absolute Gasteiger partial charge is 0.169 e. The van der Waals surface area contributed by atoms with Gasteiger partial charge in [0.2, 0.25) is 0 Å². The van der Waals surface area contributed by atoms with Crippen molar-refractivity contribution in [1.29, 1.82) is 0 Å². The molecule has 0 radical (unpaired) electrons. The summed E-state index contributed by atoms with van der Waals surface area (Å²) in [6, 6.07) is 7.66. The normalized spacial score (nSPS) is 25.7. The summed E-state index contributed by atoms with van der Waals surface area (Å²) in [5.74, 6) is -0.552. The van der Waals surface area contributed by atoms with Crippen molar-refractivity contribution < 1.29 is 14.6 Å². The van der Waals surface area contributed by atoms with E-state index in [4.69, 9.17) is 21.1 Å². The summed E-state index contributed by atoms with van der Waals surface area (Å²) < 4.78 is 12.2. The Kier molecular flexibility index (Phi) is 4.85. The lowest BCUT2D eigenvalue weighted by Crippen LogP contribution is -2.29. The zero-order chi connectivity index (χ0) is 13.9. The highest BCUT2D eigenvalue weighted by Gasteiger charge is 2.46. The molecule has 106 valence electrons. The third-order valence-electron chi connectivity index (χ3n) is 3.75. The van der Waals surface area contributed by atoms with Gasteiger partial charge in [-0.1, -0.05) is 43.6 Å². The van der Waals surface area contributed by atoms with E-state index in [1.54, 1.807) is 0 Å². The predicted octanol–water partition coefficient (Wildman–Crippen LogP) is 3.70. The molecule has 0 amide bonds. The van der Waals surface area contributed by atoms with Crippen LogP contribution in [0.2, 0.25) is 5.02 Å². The molecule has 2 rings (SSSR count). The maximum Gasteiger partial charge on any atom is 0.169 e. The Balaban J connectivity index is 2.29. The van der Waals surface area contributed by atoms with Crippen molar-refractivity contribution in [2.75, 3.05) is 6.61 Å². The van der Waals surface area contributed by atoms with E-state index in [0.29, 0.717) is 11.4 Å². The lowest BCUT2D eigenvalue weighted by atomic mass is 10.0. The minimum absolute atomic E-state index is 0.0818. The molecule has 1 aliphatic rings. The Bertz CT molecular complexity index is 418. The van der Waals surface area contributed by atoms with Gasteiger partial charge in [-0.05, 0) is 25.3 Å². The minimum Gasteiger partial charge on any atom is -0.396 e. The minimum atomic E-state index is -0.552. The van der Waals surface area contributed by atoms with E-state index in [1.165, 1.54) is 0 Å². The van der Waals surface area contributed by atoms with Crippen LogP contribution in [0.15, 0.2) is 24.3 Å². The molecule has 1 aliphatic heterocycles. The molecule has 1 heterocycles. The lowest BCUT2D eigenvalue weighted by Gasteiger charge is -2.25. The van der Waals surface area contributed by atoms with Crippen LogP contribution in [-0.2, 0) is 9.47 Å². The van der Waals surface area contributed by atoms with Gasteiger partial charge in [0.05, 0.1) is 6.10 Å². The fourth-order valence-electron chi connectivity index (χ4n) is 2.56. The fraction of sp³-hybridized carbons (Fsp3) is 0.600. The predicted molar refractivity (Wildman–Crippen MR) is 75.2 cm³/mol. The third-order valence-corrected chi connectivity index (χ3v) is 4.09. The van der Waals surface area contributed by atoms with Gasteiger partial charge in [-0.3, -0.25) is 0 Å². The molecule has 4 heteroatoms. The van der Waals surface area contributed by atoms with Crippen LogP contribution in [-0.4, -0.2) is 23.6 Å². The van der Waals surface area contributed by atoms with Crippen LogP contribution >= 0.6 is 11.6 Å². The van der Waals surface area contributed by atoms with Crippen LogP contribution in [0.5, 0.6) is 0 Å². The first-order valence-electron chi connectivity index (χ1n) is 6.86. The van der Waals surface area contributed by atoms with Crippen LogP contribution in [0.25, 0.3) is 0 Å². The number of halogens is 1. The van der Waals surface area contributed by atoms with E-state index in [-0.39, 0.29) is 18.8 Å². The molecule has 0 aliphatic carbocycles. The van der Waals surface area contributed by atoms with Crippen LogP contribution < -0.4 is 0 Å². The van der Waals surface area contributed by atoms with Gasteiger partial charge in [-0.2, -0.15) is 0 Å². The number of benzene rings is 1. The van der Waals surface area contributed by atoms with Crippen molar-refractivity contribution in [3.8, 4) is 0 Å². The summed E-state index contributed by atoms with van der Waals surface area (Å²) in [5, 5.41) is 9.89. The van der Waals surface area contributed by atoms with E-state index in [9.17, 15) is 5.11 Å². The Morgan fingerprint density at radius 3 is 2.47 bits per heavy atom. The highest BCUT2D eigenvalue weighted by Crippen LogP contribution is 2.44.